The molecule has 0 saturated heterocycles. The van der Waals surface area contributed by atoms with Crippen LogP contribution in [0.25, 0.3) is 0 Å². The van der Waals surface area contributed by atoms with Gasteiger partial charge >= 0.3 is 0 Å². The Morgan fingerprint density at radius 3 is 2.45 bits per heavy atom. The number of hydrogen-bond acceptors (Lipinski definition) is 5. The van der Waals surface area contributed by atoms with Gasteiger partial charge in [0.2, 0.25) is 15.8 Å². The third-order valence-electron chi connectivity index (χ3n) is 2.61. The Hall–Kier alpha value is -1.54. The van der Waals surface area contributed by atoms with Crippen molar-refractivity contribution in [1.29, 1.82) is 0 Å². The zero-order chi connectivity index (χ0) is 14.8. The molecule has 0 bridgehead atoms. The first-order valence-electron chi connectivity index (χ1n) is 5.75. The van der Waals surface area contributed by atoms with Crippen LogP contribution in [0, 0.1) is 6.92 Å². The summed E-state index contributed by atoms with van der Waals surface area (Å²) in [5.74, 6) is -0.671. The summed E-state index contributed by atoms with van der Waals surface area (Å²) in [5, 5.41) is 11.4. The highest BCUT2D eigenvalue weighted by molar-refractivity contribution is 7.89. The molecule has 2 aromatic rings. The molecule has 1 aromatic carbocycles. The summed E-state index contributed by atoms with van der Waals surface area (Å²) in [6.45, 7) is 1.83. The number of aliphatic hydroxyl groups is 1. The molecular formula is C13H13NO4S2. The van der Waals surface area contributed by atoms with E-state index in [1.165, 1.54) is 18.2 Å². The van der Waals surface area contributed by atoms with Gasteiger partial charge in [-0.2, -0.15) is 4.72 Å². The molecule has 106 valence electrons. The summed E-state index contributed by atoms with van der Waals surface area (Å²) in [7, 11) is -3.93. The first-order chi connectivity index (χ1) is 9.40. The number of ketones is 1. The minimum Gasteiger partial charge on any atom is -0.370 e. The zero-order valence-electron chi connectivity index (χ0n) is 10.6. The molecule has 1 aromatic heterocycles. The number of carbonyl (C=O) groups is 1. The van der Waals surface area contributed by atoms with Crippen molar-refractivity contribution in [2.75, 3.05) is 0 Å². The molecule has 2 N–H and O–H groups in total. The van der Waals surface area contributed by atoms with Gasteiger partial charge in [-0.05, 0) is 30.5 Å². The van der Waals surface area contributed by atoms with Crippen molar-refractivity contribution in [3.05, 3.63) is 52.2 Å². The molecule has 0 unspecified atom stereocenters. The summed E-state index contributed by atoms with van der Waals surface area (Å²) >= 11 is 1.14. The molecule has 5 nitrogen and oxygen atoms in total. The Bertz CT molecular complexity index is 690. The fourth-order valence-corrected chi connectivity index (χ4v) is 3.26. The van der Waals surface area contributed by atoms with Gasteiger partial charge < -0.3 is 5.11 Å². The molecular weight excluding hydrogens is 298 g/mol. The van der Waals surface area contributed by atoms with Gasteiger partial charge in [-0.15, -0.1) is 11.3 Å². The highest BCUT2D eigenvalue weighted by atomic mass is 32.2. The van der Waals surface area contributed by atoms with E-state index in [1.807, 2.05) is 11.6 Å². The second-order valence-corrected chi connectivity index (χ2v) is 6.84. The van der Waals surface area contributed by atoms with E-state index in [-0.39, 0.29) is 4.90 Å². The number of rotatable bonds is 5. The van der Waals surface area contributed by atoms with E-state index >= 15 is 0 Å². The lowest BCUT2D eigenvalue weighted by Crippen LogP contribution is -2.40. The molecule has 0 fully saturated rings. The van der Waals surface area contributed by atoms with Crippen LogP contribution in [0.2, 0.25) is 0 Å². The fraction of sp³-hybridized carbons (Fsp3) is 0.154. The van der Waals surface area contributed by atoms with Crippen LogP contribution in [0.15, 0.2) is 46.7 Å². The Kier molecular flexibility index (Phi) is 4.34. The first kappa shape index (κ1) is 14.9. The molecule has 7 heteroatoms. The molecule has 0 amide bonds. The van der Waals surface area contributed by atoms with E-state index in [4.69, 9.17) is 0 Å². The maximum Gasteiger partial charge on any atom is 0.243 e. The Labute approximate surface area is 120 Å². The van der Waals surface area contributed by atoms with Crippen LogP contribution in [-0.4, -0.2) is 25.5 Å². The van der Waals surface area contributed by atoms with Gasteiger partial charge in [0.25, 0.3) is 0 Å². The highest BCUT2D eigenvalue weighted by Crippen LogP contribution is 2.13. The van der Waals surface area contributed by atoms with Crippen molar-refractivity contribution in [3.63, 3.8) is 0 Å². The predicted molar refractivity (Wildman–Crippen MR) is 76.2 cm³/mol. The number of benzene rings is 1. The van der Waals surface area contributed by atoms with Gasteiger partial charge in [-0.1, -0.05) is 23.8 Å². The third kappa shape index (κ3) is 3.31. The maximum absolute atomic E-state index is 12.0. The molecule has 1 atom stereocenters. The van der Waals surface area contributed by atoms with Crippen LogP contribution in [-0.2, 0) is 10.0 Å². The van der Waals surface area contributed by atoms with Crippen molar-refractivity contribution in [3.8, 4) is 0 Å². The lowest BCUT2D eigenvalue weighted by Gasteiger charge is -2.11. The van der Waals surface area contributed by atoms with E-state index in [9.17, 15) is 18.3 Å². The van der Waals surface area contributed by atoms with Crippen molar-refractivity contribution < 1.29 is 18.3 Å². The quantitative estimate of drug-likeness (QED) is 0.648. The molecule has 0 saturated carbocycles. The van der Waals surface area contributed by atoms with Crippen LogP contribution in [0.1, 0.15) is 15.2 Å². The van der Waals surface area contributed by atoms with E-state index in [2.05, 4.69) is 0 Å². The van der Waals surface area contributed by atoms with Crippen molar-refractivity contribution in [2.24, 2.45) is 0 Å². The molecule has 0 radical (unpaired) electrons. The van der Waals surface area contributed by atoms with Gasteiger partial charge in [0.1, 0.15) is 0 Å². The number of Topliss-reactive ketones (excluding diaryl/α,β-unsaturated/α-hetero) is 1. The Morgan fingerprint density at radius 1 is 1.25 bits per heavy atom. The van der Waals surface area contributed by atoms with Gasteiger partial charge in [-0.25, -0.2) is 8.42 Å². The third-order valence-corrected chi connectivity index (χ3v) is 4.92. The zero-order valence-corrected chi connectivity index (χ0v) is 12.2. The van der Waals surface area contributed by atoms with Crippen LogP contribution >= 0.6 is 11.3 Å². The van der Waals surface area contributed by atoms with Crippen LogP contribution in [0.5, 0.6) is 0 Å². The Balaban J connectivity index is 2.16. The second kappa shape index (κ2) is 5.84. The number of nitrogens with one attached hydrogen (secondary N) is 1. The molecule has 0 spiro atoms. The minimum absolute atomic E-state index is 0.00105. The van der Waals surface area contributed by atoms with Gasteiger partial charge in [0.05, 0.1) is 9.77 Å². The van der Waals surface area contributed by atoms with Gasteiger partial charge in [-0.3, -0.25) is 4.79 Å². The highest BCUT2D eigenvalue weighted by Gasteiger charge is 2.24. The molecule has 2 rings (SSSR count). The summed E-state index contributed by atoms with van der Waals surface area (Å²) in [4.78, 5) is 12.1. The van der Waals surface area contributed by atoms with Crippen molar-refractivity contribution in [2.45, 2.75) is 18.0 Å². The molecule has 1 heterocycles. The van der Waals surface area contributed by atoms with E-state index in [0.717, 1.165) is 16.9 Å². The maximum atomic E-state index is 12.0. The normalized spacial score (nSPS) is 13.1. The summed E-state index contributed by atoms with van der Waals surface area (Å²) < 4.78 is 26.0. The van der Waals surface area contributed by atoms with Crippen LogP contribution in [0.4, 0.5) is 0 Å². The van der Waals surface area contributed by atoms with Gasteiger partial charge in [0.15, 0.2) is 6.23 Å². The van der Waals surface area contributed by atoms with E-state index in [1.54, 1.807) is 23.6 Å². The lowest BCUT2D eigenvalue weighted by molar-refractivity contribution is 0.0730. The fourth-order valence-electron chi connectivity index (χ4n) is 1.54. The standard InChI is InChI=1S/C13H13NO4S2/c1-9-4-6-10(7-5-9)20(17,18)14-13(16)12(15)11-3-2-8-19-11/h2-8,13-14,16H,1H3/t13-/m1/s1. The Morgan fingerprint density at radius 2 is 1.90 bits per heavy atom. The predicted octanol–water partition coefficient (Wildman–Crippen LogP) is 1.54. The van der Waals surface area contributed by atoms with E-state index in [0.29, 0.717) is 4.88 Å². The number of hydrogen-bond donors (Lipinski definition) is 2. The molecule has 0 aliphatic rings. The topological polar surface area (TPSA) is 83.5 Å². The van der Waals surface area contributed by atoms with Crippen molar-refractivity contribution >= 4 is 27.1 Å². The van der Waals surface area contributed by atoms with Gasteiger partial charge in [0, 0.05) is 0 Å². The lowest BCUT2D eigenvalue weighted by atomic mass is 10.2. The van der Waals surface area contributed by atoms with Crippen molar-refractivity contribution in [1.82, 2.24) is 4.72 Å². The van der Waals surface area contributed by atoms with Crippen LogP contribution in [0.3, 0.4) is 0 Å². The van der Waals surface area contributed by atoms with E-state index < -0.39 is 22.0 Å². The summed E-state index contributed by atoms with van der Waals surface area (Å²) in [6.07, 6.45) is -1.79. The number of aryl methyl sites for hydroxylation is 1. The number of thiophene rings is 1. The number of carbonyl (C=O) groups excluding carboxylic acids is 1. The number of sulfonamides is 1. The smallest absolute Gasteiger partial charge is 0.243 e. The summed E-state index contributed by atoms with van der Waals surface area (Å²) in [6, 6.07) is 9.29. The number of aliphatic hydroxyl groups excluding tert-OH is 1. The van der Waals surface area contributed by atoms with Crippen LogP contribution < -0.4 is 4.72 Å². The minimum atomic E-state index is -3.93. The second-order valence-electron chi connectivity index (χ2n) is 4.18. The molecule has 0 aliphatic heterocycles. The molecule has 0 aliphatic carbocycles. The largest absolute Gasteiger partial charge is 0.370 e. The first-order valence-corrected chi connectivity index (χ1v) is 8.11. The average Bonchev–Trinajstić information content (AvgIpc) is 2.91. The molecule has 20 heavy (non-hydrogen) atoms. The monoisotopic (exact) mass is 311 g/mol. The average molecular weight is 311 g/mol. The summed E-state index contributed by atoms with van der Waals surface area (Å²) in [5.41, 5.74) is 0.916. The SMILES string of the molecule is Cc1ccc(S(=O)(=O)N[C@H](O)C(=O)c2cccs2)cc1.